The summed E-state index contributed by atoms with van der Waals surface area (Å²) in [6, 6.07) is 25.0. The highest BCUT2D eigenvalue weighted by atomic mass is 32.2. The predicted octanol–water partition coefficient (Wildman–Crippen LogP) is 8.43. The molecule has 1 aliphatic rings. The lowest BCUT2D eigenvalue weighted by Crippen LogP contribution is -2.20. The van der Waals surface area contributed by atoms with E-state index in [9.17, 15) is 0 Å². The maximum absolute atomic E-state index is 5.45. The molecule has 37 heavy (non-hydrogen) atoms. The van der Waals surface area contributed by atoms with E-state index in [1.165, 1.54) is 17.5 Å². The van der Waals surface area contributed by atoms with Crippen LogP contribution in [0.4, 0.5) is 0 Å². The molecule has 4 heteroatoms. The molecule has 1 saturated heterocycles. The van der Waals surface area contributed by atoms with Gasteiger partial charge in [0.1, 0.15) is 27.8 Å². The first-order valence-electron chi connectivity index (χ1n) is 12.3. The third-order valence-corrected chi connectivity index (χ3v) is 9.12. The zero-order valence-corrected chi connectivity index (χ0v) is 23.0. The molecule has 4 rings (SSSR count). The summed E-state index contributed by atoms with van der Waals surface area (Å²) in [4.78, 5) is 0. The number of rotatable bonds is 7. The Morgan fingerprint density at radius 1 is 0.757 bits per heavy atom. The van der Waals surface area contributed by atoms with Crippen LogP contribution < -0.4 is 9.47 Å². The van der Waals surface area contributed by atoms with Gasteiger partial charge in [0.2, 0.25) is 0 Å². The van der Waals surface area contributed by atoms with Crippen molar-refractivity contribution in [1.82, 2.24) is 0 Å². The van der Waals surface area contributed by atoms with Gasteiger partial charge in [0.25, 0.3) is 0 Å². The van der Waals surface area contributed by atoms with E-state index in [1.807, 2.05) is 47.8 Å². The number of ether oxygens (including phenoxy) is 2. The van der Waals surface area contributed by atoms with Gasteiger partial charge in [-0.15, -0.1) is 23.5 Å². The van der Waals surface area contributed by atoms with Crippen molar-refractivity contribution in [3.05, 3.63) is 113 Å². The molecular weight excluding hydrogens is 492 g/mol. The molecule has 0 bridgehead atoms. The van der Waals surface area contributed by atoms with Crippen molar-refractivity contribution in [3.63, 3.8) is 0 Å². The van der Waals surface area contributed by atoms with E-state index >= 15 is 0 Å². The summed E-state index contributed by atoms with van der Waals surface area (Å²) in [5.41, 5.74) is 5.93. The Morgan fingerprint density at radius 3 is 1.76 bits per heavy atom. The van der Waals surface area contributed by atoms with Crippen LogP contribution in [0.25, 0.3) is 5.57 Å². The highest BCUT2D eigenvalue weighted by molar-refractivity contribution is 8.18. The number of hydrogen-bond acceptors (Lipinski definition) is 4. The van der Waals surface area contributed by atoms with Gasteiger partial charge in [0.05, 0.1) is 0 Å². The standard InChI is InChI=1S/C33H30O2S2/c1-4-22-34-30-17-11-27(12-18-30)32(28-13-19-31(20-14-28)35-23-5-2)8-6-21-33(36-24-7-25-37-33)29-15-9-26(3)10-16-29/h6,8-21H,7,24-25H2,1-3H3/b21-6+. The molecule has 0 atom stereocenters. The monoisotopic (exact) mass is 522 g/mol. The van der Waals surface area contributed by atoms with E-state index in [0.717, 1.165) is 39.7 Å². The van der Waals surface area contributed by atoms with Crippen molar-refractivity contribution in [2.24, 2.45) is 0 Å². The van der Waals surface area contributed by atoms with Gasteiger partial charge < -0.3 is 9.47 Å². The van der Waals surface area contributed by atoms with Crippen LogP contribution in [0.3, 0.4) is 0 Å². The maximum atomic E-state index is 5.45. The van der Waals surface area contributed by atoms with Crippen LogP contribution in [0.2, 0.25) is 0 Å². The van der Waals surface area contributed by atoms with Crippen LogP contribution in [0.15, 0.2) is 91.0 Å². The van der Waals surface area contributed by atoms with Gasteiger partial charge in [-0.2, -0.15) is 0 Å². The van der Waals surface area contributed by atoms with Crippen LogP contribution >= 0.6 is 23.5 Å². The van der Waals surface area contributed by atoms with Crippen LogP contribution in [0, 0.1) is 31.0 Å². The fourth-order valence-electron chi connectivity index (χ4n) is 3.95. The van der Waals surface area contributed by atoms with Crippen LogP contribution in [-0.2, 0) is 4.08 Å². The normalized spacial score (nSPS) is 14.0. The largest absolute Gasteiger partial charge is 0.408 e. The van der Waals surface area contributed by atoms with E-state index in [0.29, 0.717) is 0 Å². The van der Waals surface area contributed by atoms with Crippen molar-refractivity contribution in [3.8, 4) is 35.6 Å². The molecule has 2 nitrogen and oxygen atoms in total. The molecule has 1 aliphatic heterocycles. The first kappa shape index (κ1) is 26.6. The first-order valence-corrected chi connectivity index (χ1v) is 14.2. The molecular formula is C33H30O2S2. The summed E-state index contributed by atoms with van der Waals surface area (Å²) in [5.74, 6) is 9.29. The second kappa shape index (κ2) is 13.2. The van der Waals surface area contributed by atoms with Gasteiger partial charge in [-0.25, -0.2) is 0 Å². The molecule has 0 amide bonds. The van der Waals surface area contributed by atoms with E-state index in [4.69, 9.17) is 9.47 Å². The number of benzene rings is 3. The Hall–Kier alpha value is -3.44. The lowest BCUT2D eigenvalue weighted by Gasteiger charge is -2.34. The van der Waals surface area contributed by atoms with Gasteiger partial charge in [-0.3, -0.25) is 0 Å². The average molecular weight is 523 g/mol. The summed E-state index contributed by atoms with van der Waals surface area (Å²) in [6.45, 7) is 5.65. The molecule has 3 aromatic rings. The van der Waals surface area contributed by atoms with Crippen molar-refractivity contribution in [2.75, 3.05) is 11.5 Å². The Labute approximate surface area is 229 Å². The van der Waals surface area contributed by atoms with Gasteiger partial charge in [0.15, 0.2) is 0 Å². The minimum absolute atomic E-state index is 0.0827. The Morgan fingerprint density at radius 2 is 1.27 bits per heavy atom. The average Bonchev–Trinajstić information content (AvgIpc) is 2.95. The summed E-state index contributed by atoms with van der Waals surface area (Å²) >= 11 is 4.04. The summed E-state index contributed by atoms with van der Waals surface area (Å²) in [7, 11) is 0. The molecule has 0 saturated carbocycles. The maximum Gasteiger partial charge on any atom is 0.140 e. The Balaban J connectivity index is 1.70. The van der Waals surface area contributed by atoms with Gasteiger partial charge in [-0.05, 0) is 71.4 Å². The van der Waals surface area contributed by atoms with E-state index in [-0.39, 0.29) is 4.08 Å². The van der Waals surface area contributed by atoms with E-state index in [1.54, 1.807) is 13.8 Å². The lowest BCUT2D eigenvalue weighted by atomic mass is 9.97. The molecule has 186 valence electrons. The molecule has 0 unspecified atom stereocenters. The molecule has 0 spiro atoms. The van der Waals surface area contributed by atoms with Gasteiger partial charge >= 0.3 is 0 Å². The fraction of sp³-hybridized carbons (Fsp3) is 0.212. The van der Waals surface area contributed by atoms with E-state index in [2.05, 4.69) is 97.7 Å². The Bertz CT molecular complexity index is 1290. The van der Waals surface area contributed by atoms with Crippen molar-refractivity contribution >= 4 is 29.1 Å². The second-order valence-corrected chi connectivity index (χ2v) is 11.4. The second-order valence-electron chi connectivity index (χ2n) is 8.48. The molecule has 0 radical (unpaired) electrons. The number of hydrogen-bond donors (Lipinski definition) is 0. The first-order chi connectivity index (χ1) is 18.1. The smallest absolute Gasteiger partial charge is 0.140 e. The quantitative estimate of drug-likeness (QED) is 0.229. The molecule has 0 aliphatic carbocycles. The molecule has 1 heterocycles. The lowest BCUT2D eigenvalue weighted by molar-refractivity contribution is 0.519. The van der Waals surface area contributed by atoms with Crippen LogP contribution in [-0.4, -0.2) is 11.5 Å². The zero-order valence-electron chi connectivity index (χ0n) is 21.4. The van der Waals surface area contributed by atoms with E-state index < -0.39 is 0 Å². The highest BCUT2D eigenvalue weighted by Crippen LogP contribution is 2.51. The summed E-state index contributed by atoms with van der Waals surface area (Å²) < 4.78 is 10.8. The highest BCUT2D eigenvalue weighted by Gasteiger charge is 2.32. The number of thioether (sulfide) groups is 2. The van der Waals surface area contributed by atoms with Crippen molar-refractivity contribution in [2.45, 2.75) is 31.3 Å². The number of aryl methyl sites for hydroxylation is 1. The third-order valence-electron chi connectivity index (χ3n) is 5.83. The third kappa shape index (κ3) is 7.07. The van der Waals surface area contributed by atoms with Gasteiger partial charge in [0, 0.05) is 13.8 Å². The molecule has 3 aromatic carbocycles. The van der Waals surface area contributed by atoms with Gasteiger partial charge in [-0.1, -0.05) is 84.2 Å². The van der Waals surface area contributed by atoms with Crippen molar-refractivity contribution < 1.29 is 9.47 Å². The van der Waals surface area contributed by atoms with Crippen LogP contribution in [0.5, 0.6) is 11.5 Å². The zero-order chi connectivity index (χ0) is 25.9. The minimum Gasteiger partial charge on any atom is -0.408 e. The number of allylic oxidation sites excluding steroid dienone is 2. The Kier molecular flexibility index (Phi) is 9.50. The fourth-order valence-corrected chi connectivity index (χ4v) is 7.10. The summed E-state index contributed by atoms with van der Waals surface area (Å²) in [5, 5.41) is 0. The molecule has 0 aromatic heterocycles. The molecule has 1 fully saturated rings. The minimum atomic E-state index is -0.0827. The SMILES string of the molecule is CC#COc1ccc(C(=C/C=C/C2(c3ccc(C)cc3)SCCCS2)c2ccc(OC#CC)cc2)cc1. The topological polar surface area (TPSA) is 18.5 Å². The summed E-state index contributed by atoms with van der Waals surface area (Å²) in [6.07, 6.45) is 13.3. The predicted molar refractivity (Wildman–Crippen MR) is 160 cm³/mol. The van der Waals surface area contributed by atoms with Crippen LogP contribution in [0.1, 0.15) is 42.5 Å². The van der Waals surface area contributed by atoms with Crippen molar-refractivity contribution in [1.29, 1.82) is 0 Å². The molecule has 0 N–H and O–H groups in total.